The lowest BCUT2D eigenvalue weighted by atomic mass is 10.1. The summed E-state index contributed by atoms with van der Waals surface area (Å²) in [6.45, 7) is 4.29. The number of amides is 1. The summed E-state index contributed by atoms with van der Waals surface area (Å²) >= 11 is 0. The molecule has 130 valence electrons. The van der Waals surface area contributed by atoms with Crippen molar-refractivity contribution in [1.82, 2.24) is 10.0 Å². The number of nitrogens with one attached hydrogen (secondary N) is 2. The third-order valence-electron chi connectivity index (χ3n) is 3.13. The number of benzene rings is 1. The molecule has 1 rings (SSSR count). The van der Waals surface area contributed by atoms with Gasteiger partial charge in [0, 0.05) is 12.6 Å². The highest BCUT2D eigenvalue weighted by atomic mass is 32.2. The van der Waals surface area contributed by atoms with Gasteiger partial charge >= 0.3 is 0 Å². The van der Waals surface area contributed by atoms with Crippen LogP contribution in [0, 0.1) is 5.92 Å². The van der Waals surface area contributed by atoms with E-state index in [4.69, 9.17) is 9.47 Å². The molecule has 0 aromatic heterocycles. The largest absolute Gasteiger partial charge is 0.497 e. The van der Waals surface area contributed by atoms with Crippen LogP contribution in [-0.4, -0.2) is 41.6 Å². The number of rotatable bonds is 9. The van der Waals surface area contributed by atoms with Gasteiger partial charge in [-0.1, -0.05) is 13.8 Å². The molecule has 0 atom stereocenters. The SMILES string of the molecule is COc1ccc(S(=O)(=O)NCC(=O)NCCC(C)C)c(OC)c1. The number of carbonyl (C=O) groups is 1. The number of carbonyl (C=O) groups excluding carboxylic acids is 1. The maximum absolute atomic E-state index is 12.3. The minimum Gasteiger partial charge on any atom is -0.497 e. The van der Waals surface area contributed by atoms with Crippen LogP contribution in [0.15, 0.2) is 23.1 Å². The first-order valence-corrected chi connectivity index (χ1v) is 8.77. The predicted molar refractivity (Wildman–Crippen MR) is 87.2 cm³/mol. The molecule has 0 spiro atoms. The highest BCUT2D eigenvalue weighted by molar-refractivity contribution is 7.89. The first-order valence-electron chi connectivity index (χ1n) is 7.28. The lowest BCUT2D eigenvalue weighted by molar-refractivity contribution is -0.119. The second-order valence-corrected chi connectivity index (χ2v) is 7.11. The molecule has 2 N–H and O–H groups in total. The Kier molecular flexibility index (Phi) is 7.31. The maximum Gasteiger partial charge on any atom is 0.244 e. The normalized spacial score (nSPS) is 11.3. The van der Waals surface area contributed by atoms with Gasteiger partial charge in [-0.2, -0.15) is 0 Å². The summed E-state index contributed by atoms with van der Waals surface area (Å²) in [4.78, 5) is 11.6. The molecule has 0 saturated heterocycles. The van der Waals surface area contributed by atoms with Crippen molar-refractivity contribution < 1.29 is 22.7 Å². The van der Waals surface area contributed by atoms with E-state index < -0.39 is 10.0 Å². The molecule has 0 saturated carbocycles. The van der Waals surface area contributed by atoms with Crippen LogP contribution in [0.2, 0.25) is 0 Å². The molecule has 7 nitrogen and oxygen atoms in total. The average molecular weight is 344 g/mol. The zero-order chi connectivity index (χ0) is 17.5. The van der Waals surface area contributed by atoms with E-state index >= 15 is 0 Å². The van der Waals surface area contributed by atoms with Crippen molar-refractivity contribution in [2.75, 3.05) is 27.3 Å². The van der Waals surface area contributed by atoms with E-state index in [-0.39, 0.29) is 23.1 Å². The molecule has 0 aliphatic carbocycles. The molecule has 0 unspecified atom stereocenters. The fourth-order valence-electron chi connectivity index (χ4n) is 1.80. The first-order chi connectivity index (χ1) is 10.8. The number of hydrogen-bond donors (Lipinski definition) is 2. The summed E-state index contributed by atoms with van der Waals surface area (Å²) in [5.74, 6) is 0.724. The second kappa shape index (κ2) is 8.73. The zero-order valence-electron chi connectivity index (χ0n) is 13.9. The van der Waals surface area contributed by atoms with E-state index in [2.05, 4.69) is 10.0 Å². The molecule has 1 aromatic rings. The predicted octanol–water partition coefficient (Wildman–Crippen LogP) is 1.14. The molecule has 0 bridgehead atoms. The Hall–Kier alpha value is -1.80. The van der Waals surface area contributed by atoms with Gasteiger partial charge in [0.25, 0.3) is 0 Å². The smallest absolute Gasteiger partial charge is 0.244 e. The summed E-state index contributed by atoms with van der Waals surface area (Å²) < 4.78 is 36.9. The van der Waals surface area contributed by atoms with Crippen LogP contribution in [0.5, 0.6) is 11.5 Å². The quantitative estimate of drug-likeness (QED) is 0.701. The number of ether oxygens (including phenoxy) is 2. The molecule has 0 heterocycles. The molecule has 8 heteroatoms. The fourth-order valence-corrected chi connectivity index (χ4v) is 2.93. The van der Waals surface area contributed by atoms with Crippen LogP contribution in [0.3, 0.4) is 0 Å². The second-order valence-electron chi connectivity index (χ2n) is 5.37. The van der Waals surface area contributed by atoms with E-state index in [1.165, 1.54) is 32.4 Å². The van der Waals surface area contributed by atoms with Crippen LogP contribution >= 0.6 is 0 Å². The van der Waals surface area contributed by atoms with Crippen LogP contribution in [0.25, 0.3) is 0 Å². The van der Waals surface area contributed by atoms with Gasteiger partial charge in [-0.3, -0.25) is 4.79 Å². The van der Waals surface area contributed by atoms with E-state index in [9.17, 15) is 13.2 Å². The zero-order valence-corrected chi connectivity index (χ0v) is 14.7. The monoisotopic (exact) mass is 344 g/mol. The number of methoxy groups -OCH3 is 2. The molecule has 23 heavy (non-hydrogen) atoms. The Bertz CT molecular complexity index is 629. The van der Waals surface area contributed by atoms with E-state index in [1.807, 2.05) is 13.8 Å². The van der Waals surface area contributed by atoms with Crippen molar-refractivity contribution in [3.05, 3.63) is 18.2 Å². The lowest BCUT2D eigenvalue weighted by Gasteiger charge is -2.12. The highest BCUT2D eigenvalue weighted by Gasteiger charge is 2.20. The Balaban J connectivity index is 2.71. The van der Waals surface area contributed by atoms with E-state index in [0.29, 0.717) is 18.2 Å². The minimum atomic E-state index is -3.86. The molecule has 1 aromatic carbocycles. The van der Waals surface area contributed by atoms with Gasteiger partial charge in [-0.05, 0) is 24.5 Å². The standard InChI is InChI=1S/C15H24N2O5S/c1-11(2)7-8-16-15(18)10-17-23(19,20)14-6-5-12(21-3)9-13(14)22-4/h5-6,9,11,17H,7-8,10H2,1-4H3,(H,16,18). The van der Waals surface area contributed by atoms with Gasteiger partial charge < -0.3 is 14.8 Å². The maximum atomic E-state index is 12.3. The van der Waals surface area contributed by atoms with Gasteiger partial charge in [0.1, 0.15) is 16.4 Å². The Morgan fingerprint density at radius 3 is 2.48 bits per heavy atom. The number of sulfonamides is 1. The highest BCUT2D eigenvalue weighted by Crippen LogP contribution is 2.28. The van der Waals surface area contributed by atoms with Crippen molar-refractivity contribution in [2.45, 2.75) is 25.2 Å². The third kappa shape index (κ3) is 6.07. The summed E-state index contributed by atoms with van der Waals surface area (Å²) in [7, 11) is -1.01. The van der Waals surface area contributed by atoms with Crippen molar-refractivity contribution in [3.8, 4) is 11.5 Å². The van der Waals surface area contributed by atoms with Crippen LogP contribution < -0.4 is 19.5 Å². The summed E-state index contributed by atoms with van der Waals surface area (Å²) in [6.07, 6.45) is 0.838. The van der Waals surface area contributed by atoms with Crippen molar-refractivity contribution in [3.63, 3.8) is 0 Å². The van der Waals surface area contributed by atoms with Crippen LogP contribution in [0.4, 0.5) is 0 Å². The van der Waals surface area contributed by atoms with Crippen LogP contribution in [0.1, 0.15) is 20.3 Å². The summed E-state index contributed by atoms with van der Waals surface area (Å²) in [5.41, 5.74) is 0. The van der Waals surface area contributed by atoms with Crippen molar-refractivity contribution in [1.29, 1.82) is 0 Å². The molecule has 1 amide bonds. The topological polar surface area (TPSA) is 93.7 Å². The van der Waals surface area contributed by atoms with Gasteiger partial charge in [0.05, 0.1) is 20.8 Å². The third-order valence-corrected chi connectivity index (χ3v) is 4.57. The molecule has 0 fully saturated rings. The molecule has 0 aliphatic heterocycles. The Morgan fingerprint density at radius 1 is 1.22 bits per heavy atom. The fraction of sp³-hybridized carbons (Fsp3) is 0.533. The first kappa shape index (κ1) is 19.2. The summed E-state index contributed by atoms with van der Waals surface area (Å²) in [6, 6.07) is 4.35. The van der Waals surface area contributed by atoms with Gasteiger partial charge in [-0.15, -0.1) is 0 Å². The Morgan fingerprint density at radius 2 is 1.91 bits per heavy atom. The molecular formula is C15H24N2O5S. The lowest BCUT2D eigenvalue weighted by Crippen LogP contribution is -2.37. The van der Waals surface area contributed by atoms with E-state index in [0.717, 1.165) is 6.42 Å². The van der Waals surface area contributed by atoms with Crippen molar-refractivity contribution >= 4 is 15.9 Å². The van der Waals surface area contributed by atoms with E-state index in [1.54, 1.807) is 0 Å². The molecular weight excluding hydrogens is 320 g/mol. The minimum absolute atomic E-state index is 0.0456. The Labute approximate surface area is 137 Å². The van der Waals surface area contributed by atoms with Crippen molar-refractivity contribution in [2.24, 2.45) is 5.92 Å². The van der Waals surface area contributed by atoms with Gasteiger partial charge in [-0.25, -0.2) is 13.1 Å². The number of hydrogen-bond acceptors (Lipinski definition) is 5. The van der Waals surface area contributed by atoms with Gasteiger partial charge in [0.2, 0.25) is 15.9 Å². The van der Waals surface area contributed by atoms with Gasteiger partial charge in [0.15, 0.2) is 0 Å². The average Bonchev–Trinajstić information content (AvgIpc) is 2.52. The molecule has 0 radical (unpaired) electrons. The van der Waals surface area contributed by atoms with Crippen LogP contribution in [-0.2, 0) is 14.8 Å². The molecule has 0 aliphatic rings. The summed E-state index contributed by atoms with van der Waals surface area (Å²) in [5, 5.41) is 2.67.